The van der Waals surface area contributed by atoms with Gasteiger partial charge in [-0.05, 0) is 0 Å². The van der Waals surface area contributed by atoms with Crippen LogP contribution in [0.15, 0.2) is 6.07 Å². The molecule has 1 rings (SSSR count). The van der Waals surface area contributed by atoms with Crippen molar-refractivity contribution in [3.8, 4) is 0 Å². The maximum Gasteiger partial charge on any atom is 0.255 e. The molecule has 0 unspecified atom stereocenters. The highest BCUT2D eigenvalue weighted by molar-refractivity contribution is 6.29. The van der Waals surface area contributed by atoms with Crippen molar-refractivity contribution in [2.45, 2.75) is 13.0 Å². The van der Waals surface area contributed by atoms with E-state index in [0.717, 1.165) is 0 Å². The van der Waals surface area contributed by atoms with Crippen LogP contribution in [0.2, 0.25) is 5.15 Å². The van der Waals surface area contributed by atoms with E-state index in [-0.39, 0.29) is 11.8 Å². The average molecular weight is 252 g/mol. The number of ether oxygens (including phenoxy) is 1. The van der Waals surface area contributed by atoms with E-state index in [9.17, 15) is 8.78 Å². The largest absolute Gasteiger partial charge is 0.377 e. The van der Waals surface area contributed by atoms with Crippen molar-refractivity contribution in [3.63, 3.8) is 0 Å². The van der Waals surface area contributed by atoms with Crippen molar-refractivity contribution in [2.24, 2.45) is 0 Å². The summed E-state index contributed by atoms with van der Waals surface area (Å²) < 4.78 is 29.2. The van der Waals surface area contributed by atoms with Crippen LogP contribution in [0.25, 0.3) is 0 Å². The van der Waals surface area contributed by atoms with E-state index in [2.05, 4.69) is 9.97 Å². The zero-order chi connectivity index (χ0) is 12.1. The van der Waals surface area contributed by atoms with E-state index in [4.69, 9.17) is 16.3 Å². The maximum absolute atomic E-state index is 12.2. The van der Waals surface area contributed by atoms with Gasteiger partial charge in [-0.3, -0.25) is 0 Å². The molecule has 90 valence electrons. The summed E-state index contributed by atoms with van der Waals surface area (Å²) in [7, 11) is 3.01. The van der Waals surface area contributed by atoms with Crippen LogP contribution in [0.4, 0.5) is 14.6 Å². The second kappa shape index (κ2) is 5.91. The first-order valence-electron chi connectivity index (χ1n) is 4.54. The fourth-order valence-corrected chi connectivity index (χ4v) is 1.34. The van der Waals surface area contributed by atoms with Crippen LogP contribution in [0.1, 0.15) is 5.82 Å². The summed E-state index contributed by atoms with van der Waals surface area (Å²) in [5, 5.41) is 0.207. The SMILES string of the molecule is COCc1nc(Cl)cc(N(C)CC(F)F)n1. The van der Waals surface area contributed by atoms with Crippen LogP contribution < -0.4 is 4.90 Å². The first-order valence-corrected chi connectivity index (χ1v) is 4.92. The van der Waals surface area contributed by atoms with Gasteiger partial charge >= 0.3 is 0 Å². The number of hydrogen-bond acceptors (Lipinski definition) is 4. The first-order chi connectivity index (χ1) is 7.52. The number of halogens is 3. The van der Waals surface area contributed by atoms with Crippen LogP contribution >= 0.6 is 11.6 Å². The molecule has 0 saturated carbocycles. The molecule has 1 aromatic rings. The Bertz CT molecular complexity index is 352. The molecule has 0 radical (unpaired) electrons. The Balaban J connectivity index is 2.86. The second-order valence-corrected chi connectivity index (χ2v) is 3.56. The van der Waals surface area contributed by atoms with Crippen molar-refractivity contribution >= 4 is 17.4 Å². The van der Waals surface area contributed by atoms with Gasteiger partial charge in [-0.2, -0.15) is 0 Å². The fourth-order valence-electron chi connectivity index (χ4n) is 1.14. The smallest absolute Gasteiger partial charge is 0.255 e. The molecule has 0 aromatic carbocycles. The van der Waals surface area contributed by atoms with Crippen molar-refractivity contribution in [1.82, 2.24) is 9.97 Å². The molecule has 0 aliphatic heterocycles. The van der Waals surface area contributed by atoms with E-state index in [0.29, 0.717) is 11.6 Å². The predicted molar refractivity (Wildman–Crippen MR) is 57.0 cm³/mol. The standard InChI is InChI=1S/C9H12ClF2N3O/c1-15(4-7(11)12)9-3-6(10)13-8(14-9)5-16-2/h3,7H,4-5H2,1-2H3. The number of nitrogens with zero attached hydrogens (tertiary/aromatic N) is 3. The quantitative estimate of drug-likeness (QED) is 0.750. The lowest BCUT2D eigenvalue weighted by molar-refractivity contribution is 0.156. The van der Waals surface area contributed by atoms with Gasteiger partial charge in [-0.1, -0.05) is 11.6 Å². The highest BCUT2D eigenvalue weighted by Gasteiger charge is 2.12. The second-order valence-electron chi connectivity index (χ2n) is 3.17. The topological polar surface area (TPSA) is 38.2 Å². The molecule has 0 saturated heterocycles. The Morgan fingerprint density at radius 1 is 1.50 bits per heavy atom. The summed E-state index contributed by atoms with van der Waals surface area (Å²) >= 11 is 5.75. The molecule has 7 heteroatoms. The minimum Gasteiger partial charge on any atom is -0.377 e. The number of aromatic nitrogens is 2. The lowest BCUT2D eigenvalue weighted by atomic mass is 10.4. The lowest BCUT2D eigenvalue weighted by Gasteiger charge is -2.18. The summed E-state index contributed by atoms with van der Waals surface area (Å²) in [6.45, 7) is -0.212. The molecule has 1 aromatic heterocycles. The van der Waals surface area contributed by atoms with Crippen molar-refractivity contribution < 1.29 is 13.5 Å². The van der Waals surface area contributed by atoms with Gasteiger partial charge in [0.1, 0.15) is 17.6 Å². The lowest BCUT2D eigenvalue weighted by Crippen LogP contribution is -2.25. The van der Waals surface area contributed by atoms with Gasteiger partial charge in [0.15, 0.2) is 5.82 Å². The average Bonchev–Trinajstić information content (AvgIpc) is 2.16. The molecule has 0 spiro atoms. The molecule has 0 fully saturated rings. The van der Waals surface area contributed by atoms with E-state index in [1.165, 1.54) is 25.1 Å². The molecular weight excluding hydrogens is 240 g/mol. The minimum absolute atomic E-state index is 0.191. The summed E-state index contributed by atoms with van der Waals surface area (Å²) in [6, 6.07) is 1.43. The molecule has 0 aliphatic carbocycles. The molecule has 1 heterocycles. The summed E-state index contributed by atoms with van der Waals surface area (Å²) in [4.78, 5) is 9.27. The number of anilines is 1. The predicted octanol–water partition coefficient (Wildman–Crippen LogP) is 1.98. The number of hydrogen-bond donors (Lipinski definition) is 0. The van der Waals surface area contributed by atoms with Gasteiger partial charge in [0.25, 0.3) is 6.43 Å². The third-order valence-corrected chi connectivity index (χ3v) is 2.00. The van der Waals surface area contributed by atoms with Crippen molar-refractivity contribution in [1.29, 1.82) is 0 Å². The van der Waals surface area contributed by atoms with Crippen LogP contribution in [-0.2, 0) is 11.3 Å². The van der Waals surface area contributed by atoms with Crippen molar-refractivity contribution in [2.75, 3.05) is 25.6 Å². The highest BCUT2D eigenvalue weighted by atomic mass is 35.5. The molecule has 0 atom stereocenters. The third-order valence-electron chi connectivity index (χ3n) is 1.80. The van der Waals surface area contributed by atoms with Crippen LogP contribution in [0.3, 0.4) is 0 Å². The zero-order valence-electron chi connectivity index (χ0n) is 8.95. The van der Waals surface area contributed by atoms with Crippen molar-refractivity contribution in [3.05, 3.63) is 17.0 Å². The monoisotopic (exact) mass is 251 g/mol. The number of alkyl halides is 2. The Labute approximate surface area is 97.2 Å². The first kappa shape index (κ1) is 13.1. The summed E-state index contributed by atoms with van der Waals surface area (Å²) in [5.41, 5.74) is 0. The van der Waals surface area contributed by atoms with E-state index >= 15 is 0 Å². The molecule has 16 heavy (non-hydrogen) atoms. The van der Waals surface area contributed by atoms with Gasteiger partial charge in [-0.25, -0.2) is 18.7 Å². The zero-order valence-corrected chi connectivity index (χ0v) is 9.71. The van der Waals surface area contributed by atoms with E-state index in [1.807, 2.05) is 0 Å². The Morgan fingerprint density at radius 3 is 2.75 bits per heavy atom. The normalized spacial score (nSPS) is 10.9. The van der Waals surface area contributed by atoms with Gasteiger partial charge in [0.2, 0.25) is 0 Å². The third kappa shape index (κ3) is 3.86. The highest BCUT2D eigenvalue weighted by Crippen LogP contribution is 2.16. The van der Waals surface area contributed by atoms with Gasteiger partial charge in [-0.15, -0.1) is 0 Å². The Kier molecular flexibility index (Phi) is 4.82. The fraction of sp³-hybridized carbons (Fsp3) is 0.556. The van der Waals surface area contributed by atoms with Gasteiger partial charge in [0, 0.05) is 20.2 Å². The molecule has 4 nitrogen and oxygen atoms in total. The van der Waals surface area contributed by atoms with E-state index in [1.54, 1.807) is 0 Å². The molecule has 0 aliphatic rings. The van der Waals surface area contributed by atoms with Crippen LogP contribution in [0.5, 0.6) is 0 Å². The molecule has 0 bridgehead atoms. The Hall–Kier alpha value is -1.01. The van der Waals surface area contributed by atoms with Crippen LogP contribution in [-0.4, -0.2) is 37.1 Å². The number of rotatable bonds is 5. The molecule has 0 N–H and O–H groups in total. The summed E-state index contributed by atoms with van der Waals surface area (Å²) in [6.07, 6.45) is -2.43. The summed E-state index contributed by atoms with van der Waals surface area (Å²) in [5.74, 6) is 0.721. The maximum atomic E-state index is 12.2. The number of methoxy groups -OCH3 is 1. The minimum atomic E-state index is -2.43. The van der Waals surface area contributed by atoms with E-state index < -0.39 is 13.0 Å². The van der Waals surface area contributed by atoms with Crippen LogP contribution in [0, 0.1) is 0 Å². The molecular formula is C9H12ClF2N3O. The Morgan fingerprint density at radius 2 is 2.19 bits per heavy atom. The molecule has 0 amide bonds. The van der Waals surface area contributed by atoms with Gasteiger partial charge < -0.3 is 9.64 Å². The van der Waals surface area contributed by atoms with Gasteiger partial charge in [0.05, 0.1) is 6.54 Å².